The van der Waals surface area contributed by atoms with Crippen molar-refractivity contribution in [2.45, 2.75) is 57.4 Å². The minimum Gasteiger partial charge on any atom is -0.394 e. The summed E-state index contributed by atoms with van der Waals surface area (Å²) in [5.41, 5.74) is 0.683. The van der Waals surface area contributed by atoms with E-state index in [9.17, 15) is 5.11 Å². The molecule has 0 saturated heterocycles. The van der Waals surface area contributed by atoms with Gasteiger partial charge in [0.2, 0.25) is 0 Å². The van der Waals surface area contributed by atoms with Gasteiger partial charge in [0.25, 0.3) is 0 Å². The van der Waals surface area contributed by atoms with Crippen LogP contribution in [0.5, 0.6) is 0 Å². The molecule has 0 amide bonds. The molecule has 0 aliphatic heterocycles. The number of nitrogens with one attached hydrogen (secondary N) is 1. The number of nitrogens with zero attached hydrogens (tertiary/aromatic N) is 2. The Morgan fingerprint density at radius 2 is 2.00 bits per heavy atom. The zero-order chi connectivity index (χ0) is 13.9. The first-order valence-electron chi connectivity index (χ1n) is 6.97. The summed E-state index contributed by atoms with van der Waals surface area (Å²) >= 11 is 6.18. The van der Waals surface area contributed by atoms with E-state index in [0.717, 1.165) is 37.1 Å². The Morgan fingerprint density at radius 3 is 2.58 bits per heavy atom. The maximum absolute atomic E-state index is 9.76. The second-order valence-electron chi connectivity index (χ2n) is 5.71. The van der Waals surface area contributed by atoms with Crippen LogP contribution < -0.4 is 5.32 Å². The van der Waals surface area contributed by atoms with Crippen molar-refractivity contribution in [2.75, 3.05) is 11.9 Å². The molecule has 0 radical (unpaired) electrons. The lowest BCUT2D eigenvalue weighted by Gasteiger charge is -2.37. The van der Waals surface area contributed by atoms with E-state index in [1.165, 1.54) is 12.7 Å². The predicted octanol–water partition coefficient (Wildman–Crippen LogP) is 3.36. The number of aliphatic hydroxyl groups excluding tert-OH is 1. The molecule has 0 bridgehead atoms. The number of hydrogen-bond donors (Lipinski definition) is 2. The van der Waals surface area contributed by atoms with Gasteiger partial charge in [0.05, 0.1) is 12.1 Å². The highest BCUT2D eigenvalue weighted by atomic mass is 35.5. The molecule has 2 N–H and O–H groups in total. The van der Waals surface area contributed by atoms with E-state index in [1.807, 2.05) is 0 Å². The molecule has 0 unspecified atom stereocenters. The second kappa shape index (κ2) is 6.06. The van der Waals surface area contributed by atoms with Gasteiger partial charge in [-0.05, 0) is 18.8 Å². The van der Waals surface area contributed by atoms with Crippen molar-refractivity contribution in [1.29, 1.82) is 0 Å². The van der Waals surface area contributed by atoms with E-state index in [4.69, 9.17) is 11.6 Å². The van der Waals surface area contributed by atoms with Gasteiger partial charge in [0.15, 0.2) is 0 Å². The van der Waals surface area contributed by atoms with Crippen LogP contribution in [0.1, 0.15) is 57.4 Å². The van der Waals surface area contributed by atoms with E-state index in [-0.39, 0.29) is 18.1 Å². The lowest BCUT2D eigenvalue weighted by Crippen LogP contribution is -2.44. The zero-order valence-electron chi connectivity index (χ0n) is 11.6. The summed E-state index contributed by atoms with van der Waals surface area (Å²) < 4.78 is 0. The van der Waals surface area contributed by atoms with Crippen molar-refractivity contribution in [1.82, 2.24) is 9.97 Å². The standard InChI is InChI=1S/C14H22ClN3O/c1-10(2)11-12(15)16-9-17-13(11)18-14(8-19)6-4-3-5-7-14/h9-10,19H,3-8H2,1-2H3,(H,16,17,18). The van der Waals surface area contributed by atoms with Gasteiger partial charge < -0.3 is 10.4 Å². The van der Waals surface area contributed by atoms with E-state index in [0.29, 0.717) is 5.15 Å². The fraction of sp³-hybridized carbons (Fsp3) is 0.714. The van der Waals surface area contributed by atoms with Crippen LogP contribution in [-0.2, 0) is 0 Å². The zero-order valence-corrected chi connectivity index (χ0v) is 12.4. The van der Waals surface area contributed by atoms with Crippen molar-refractivity contribution >= 4 is 17.4 Å². The number of aliphatic hydroxyl groups is 1. The molecular weight excluding hydrogens is 262 g/mol. The molecule has 1 aromatic rings. The van der Waals surface area contributed by atoms with Crippen LogP contribution in [0.4, 0.5) is 5.82 Å². The van der Waals surface area contributed by atoms with Crippen LogP contribution in [-0.4, -0.2) is 27.2 Å². The molecular formula is C14H22ClN3O. The van der Waals surface area contributed by atoms with E-state index in [2.05, 4.69) is 29.1 Å². The van der Waals surface area contributed by atoms with Crippen molar-refractivity contribution in [3.05, 3.63) is 17.0 Å². The third-order valence-corrected chi connectivity index (χ3v) is 4.21. The fourth-order valence-corrected chi connectivity index (χ4v) is 3.14. The lowest BCUT2D eigenvalue weighted by molar-refractivity contribution is 0.172. The summed E-state index contributed by atoms with van der Waals surface area (Å²) in [7, 11) is 0. The van der Waals surface area contributed by atoms with Crippen LogP contribution in [0.25, 0.3) is 0 Å². The van der Waals surface area contributed by atoms with Crippen LogP contribution in [0.15, 0.2) is 6.33 Å². The van der Waals surface area contributed by atoms with Crippen LogP contribution in [0.2, 0.25) is 5.15 Å². The number of rotatable bonds is 4. The molecule has 1 fully saturated rings. The number of hydrogen-bond acceptors (Lipinski definition) is 4. The third-order valence-electron chi connectivity index (χ3n) is 3.91. The lowest BCUT2D eigenvalue weighted by atomic mass is 9.82. The first-order valence-corrected chi connectivity index (χ1v) is 7.35. The molecule has 0 aromatic carbocycles. The molecule has 5 heteroatoms. The molecule has 4 nitrogen and oxygen atoms in total. The molecule has 1 saturated carbocycles. The first-order chi connectivity index (χ1) is 9.08. The highest BCUT2D eigenvalue weighted by Gasteiger charge is 2.32. The summed E-state index contributed by atoms with van der Waals surface area (Å²) in [6, 6.07) is 0. The molecule has 0 atom stereocenters. The minimum atomic E-state index is -0.250. The Bertz CT molecular complexity index is 431. The Hall–Kier alpha value is -0.870. The molecule has 19 heavy (non-hydrogen) atoms. The topological polar surface area (TPSA) is 58.0 Å². The molecule has 1 aliphatic carbocycles. The molecule has 1 aliphatic rings. The maximum Gasteiger partial charge on any atom is 0.138 e. The molecule has 1 aromatic heterocycles. The maximum atomic E-state index is 9.76. The average Bonchev–Trinajstić information content (AvgIpc) is 2.39. The van der Waals surface area contributed by atoms with E-state index in [1.54, 1.807) is 0 Å². The van der Waals surface area contributed by atoms with Crippen LogP contribution >= 0.6 is 11.6 Å². The monoisotopic (exact) mass is 283 g/mol. The van der Waals surface area contributed by atoms with E-state index < -0.39 is 0 Å². The Morgan fingerprint density at radius 1 is 1.32 bits per heavy atom. The quantitative estimate of drug-likeness (QED) is 0.832. The number of aromatic nitrogens is 2. The molecule has 1 heterocycles. The number of halogens is 1. The Kier molecular flexibility index (Phi) is 4.63. The summed E-state index contributed by atoms with van der Waals surface area (Å²) in [5.74, 6) is 1.02. The van der Waals surface area contributed by atoms with Gasteiger partial charge in [-0.15, -0.1) is 0 Å². The molecule has 2 rings (SSSR count). The van der Waals surface area contributed by atoms with Gasteiger partial charge >= 0.3 is 0 Å². The van der Waals surface area contributed by atoms with Gasteiger partial charge in [0.1, 0.15) is 17.3 Å². The normalized spacial score (nSPS) is 18.6. The first kappa shape index (κ1) is 14.5. The Balaban J connectivity index is 2.29. The minimum absolute atomic E-state index is 0.131. The van der Waals surface area contributed by atoms with Crippen LogP contribution in [0, 0.1) is 0 Å². The highest BCUT2D eigenvalue weighted by Crippen LogP contribution is 2.35. The SMILES string of the molecule is CC(C)c1c(Cl)ncnc1NC1(CO)CCCCC1. The Labute approximate surface area is 119 Å². The highest BCUT2D eigenvalue weighted by molar-refractivity contribution is 6.30. The van der Waals surface area contributed by atoms with Crippen molar-refractivity contribution in [3.8, 4) is 0 Å². The van der Waals surface area contributed by atoms with Gasteiger partial charge in [-0.2, -0.15) is 0 Å². The predicted molar refractivity (Wildman–Crippen MR) is 77.7 cm³/mol. The van der Waals surface area contributed by atoms with Crippen molar-refractivity contribution in [3.63, 3.8) is 0 Å². The summed E-state index contributed by atoms with van der Waals surface area (Å²) in [6.07, 6.45) is 6.95. The largest absolute Gasteiger partial charge is 0.394 e. The summed E-state index contributed by atoms with van der Waals surface area (Å²) in [4.78, 5) is 8.38. The van der Waals surface area contributed by atoms with Gasteiger partial charge in [-0.1, -0.05) is 44.7 Å². The van der Waals surface area contributed by atoms with Crippen molar-refractivity contribution < 1.29 is 5.11 Å². The molecule has 106 valence electrons. The van der Waals surface area contributed by atoms with Gasteiger partial charge in [-0.3, -0.25) is 0 Å². The second-order valence-corrected chi connectivity index (χ2v) is 6.06. The summed E-state index contributed by atoms with van der Waals surface area (Å²) in [6.45, 7) is 4.27. The summed E-state index contributed by atoms with van der Waals surface area (Å²) in [5, 5.41) is 13.7. The van der Waals surface area contributed by atoms with Gasteiger partial charge in [0, 0.05) is 5.56 Å². The van der Waals surface area contributed by atoms with Crippen molar-refractivity contribution in [2.24, 2.45) is 0 Å². The average molecular weight is 284 g/mol. The van der Waals surface area contributed by atoms with Crippen LogP contribution in [0.3, 0.4) is 0 Å². The number of anilines is 1. The smallest absolute Gasteiger partial charge is 0.138 e. The van der Waals surface area contributed by atoms with E-state index >= 15 is 0 Å². The molecule has 0 spiro atoms. The fourth-order valence-electron chi connectivity index (χ4n) is 2.79. The van der Waals surface area contributed by atoms with Gasteiger partial charge in [-0.25, -0.2) is 9.97 Å². The third kappa shape index (κ3) is 3.18.